The Morgan fingerprint density at radius 1 is 0.983 bits per heavy atom. The molecule has 2 unspecified atom stereocenters. The van der Waals surface area contributed by atoms with Crippen LogP contribution in [0.5, 0.6) is 5.75 Å². The van der Waals surface area contributed by atoms with Gasteiger partial charge < -0.3 is 39.0 Å². The van der Waals surface area contributed by atoms with Crippen molar-refractivity contribution in [2.45, 2.75) is 70.5 Å². The number of anilines is 1. The second-order valence-corrected chi connectivity index (χ2v) is 15.4. The maximum absolute atomic E-state index is 14.5. The monoisotopic (exact) mass is 788 g/mol. The first kappa shape index (κ1) is 38.2. The van der Waals surface area contributed by atoms with Gasteiger partial charge in [0.1, 0.15) is 42.2 Å². The summed E-state index contributed by atoms with van der Waals surface area (Å²) in [5, 5.41) is 9.59. The summed E-state index contributed by atoms with van der Waals surface area (Å²) in [5.41, 5.74) is 2.91. The van der Waals surface area contributed by atoms with Gasteiger partial charge in [-0.05, 0) is 40.7 Å². The molecule has 0 fully saturated rings. The predicted octanol–water partition coefficient (Wildman–Crippen LogP) is 5.74. The molecule has 8 rings (SSSR count). The molecule has 2 aromatic heterocycles. The zero-order chi connectivity index (χ0) is 40.9. The number of fused-ring (bicyclic) bond motifs is 4. The molecule has 3 aliphatic rings. The van der Waals surface area contributed by atoms with E-state index >= 15 is 0 Å². The number of rotatable bonds is 9. The Morgan fingerprint density at radius 2 is 1.74 bits per heavy atom. The average Bonchev–Trinajstić information content (AvgIpc) is 4.00. The number of ether oxygens (including phenoxy) is 3. The van der Waals surface area contributed by atoms with Crippen LogP contribution in [-0.2, 0) is 37.5 Å². The second-order valence-electron chi connectivity index (χ2n) is 15.4. The van der Waals surface area contributed by atoms with Gasteiger partial charge in [-0.2, -0.15) is 0 Å². The van der Waals surface area contributed by atoms with Gasteiger partial charge in [-0.1, -0.05) is 88.4 Å². The molecule has 15 nitrogen and oxygen atoms in total. The van der Waals surface area contributed by atoms with Gasteiger partial charge >= 0.3 is 12.1 Å². The third kappa shape index (κ3) is 6.49. The highest BCUT2D eigenvalue weighted by molar-refractivity contribution is 5.92. The molecule has 0 saturated carbocycles. The number of hydrogen-bond acceptors (Lipinski definition) is 12. The van der Waals surface area contributed by atoms with Gasteiger partial charge in [0, 0.05) is 24.7 Å². The minimum absolute atomic E-state index is 0.00694. The molecule has 0 aliphatic carbocycles. The van der Waals surface area contributed by atoms with Gasteiger partial charge in [0.05, 0.1) is 7.11 Å². The molecule has 1 spiro atoms. The number of carbonyl (C=O) groups excluding carboxylic acids is 4. The van der Waals surface area contributed by atoms with Crippen molar-refractivity contribution in [2.24, 2.45) is 11.8 Å². The number of aromatic nitrogens is 2. The van der Waals surface area contributed by atoms with E-state index in [1.54, 1.807) is 0 Å². The molecular formula is C43H44N6O9. The molecular weight excluding hydrogens is 745 g/mol. The van der Waals surface area contributed by atoms with Gasteiger partial charge in [0.15, 0.2) is 23.4 Å². The van der Waals surface area contributed by atoms with Gasteiger partial charge in [0.2, 0.25) is 23.6 Å². The first-order chi connectivity index (χ1) is 27.9. The standard InChI is InChI=1S/C43H44N6O9/c1-22(2)32-39-48-33(38-45-30(21-55-38)40(52)54-6)35(58-39)43-26-14-10-11-15-28(26)46-41(43)57-31-17-16-25(18-27(31)43)19-29(36(50)47-32)44-37(51)34(23(3)4)49(5)42(53)56-20-24-12-8-7-9-13-24/h7-18,21-23,29,32,34,41,46H,19-20H2,1-6H3,(H,44,51)(H,47,50)/t29-,32-,34?,41?,43-/m0/s1. The lowest BCUT2D eigenvalue weighted by atomic mass is 9.72. The molecule has 3 aromatic carbocycles. The van der Waals surface area contributed by atoms with Crippen molar-refractivity contribution in [3.8, 4) is 17.3 Å². The number of methoxy groups -OCH3 is 1. The Morgan fingerprint density at radius 3 is 2.48 bits per heavy atom. The SMILES string of the molecule is COC(=O)c1coc(-c2nc3oc2[C@@]24c5ccccc5NC2Oc2ccc(cc24)C[C@H](NC(=O)C(C(C)C)N(C)C(=O)OCc2ccccc2)C(=O)N[C@H]3C(C)C)n1. The molecule has 3 N–H and O–H groups in total. The lowest BCUT2D eigenvalue weighted by Crippen LogP contribution is -2.56. The molecule has 0 saturated heterocycles. The number of oxazole rings is 2. The second kappa shape index (κ2) is 15.0. The van der Waals surface area contributed by atoms with Crippen LogP contribution in [-0.4, -0.2) is 71.2 Å². The van der Waals surface area contributed by atoms with Crippen LogP contribution in [0, 0.1) is 11.8 Å². The van der Waals surface area contributed by atoms with E-state index in [1.165, 1.54) is 25.3 Å². The van der Waals surface area contributed by atoms with Crippen molar-refractivity contribution in [1.82, 2.24) is 25.5 Å². The van der Waals surface area contributed by atoms with Crippen LogP contribution in [0.1, 0.15) is 78.1 Å². The molecule has 3 amide bonds. The van der Waals surface area contributed by atoms with E-state index in [9.17, 15) is 19.2 Å². The van der Waals surface area contributed by atoms with Crippen molar-refractivity contribution in [3.63, 3.8) is 0 Å². The van der Waals surface area contributed by atoms with E-state index in [2.05, 4.69) is 20.9 Å². The number of likely N-dealkylation sites (N-methyl/N-ethyl adjacent to an activating group) is 1. The van der Waals surface area contributed by atoms with Crippen LogP contribution in [0.3, 0.4) is 0 Å². The lowest BCUT2D eigenvalue weighted by molar-refractivity contribution is -0.133. The summed E-state index contributed by atoms with van der Waals surface area (Å²) in [4.78, 5) is 65.2. The predicted molar refractivity (Wildman–Crippen MR) is 209 cm³/mol. The fourth-order valence-electron chi connectivity index (χ4n) is 8.15. The van der Waals surface area contributed by atoms with E-state index in [4.69, 9.17) is 28.0 Å². The lowest BCUT2D eigenvalue weighted by Gasteiger charge is -2.32. The van der Waals surface area contributed by atoms with Crippen LogP contribution in [0.4, 0.5) is 10.5 Å². The highest BCUT2D eigenvalue weighted by atomic mass is 16.6. The van der Waals surface area contributed by atoms with E-state index in [0.29, 0.717) is 11.5 Å². The van der Waals surface area contributed by atoms with Crippen molar-refractivity contribution in [1.29, 1.82) is 0 Å². The van der Waals surface area contributed by atoms with E-state index in [0.717, 1.165) is 27.9 Å². The number of nitrogens with zero attached hydrogens (tertiary/aromatic N) is 3. The van der Waals surface area contributed by atoms with Crippen LogP contribution in [0.2, 0.25) is 0 Å². The minimum atomic E-state index is -1.14. The molecule has 4 bridgehead atoms. The Kier molecular flexibility index (Phi) is 9.91. The quantitative estimate of drug-likeness (QED) is 0.154. The fourth-order valence-corrected chi connectivity index (χ4v) is 8.15. The van der Waals surface area contributed by atoms with E-state index in [-0.39, 0.29) is 48.0 Å². The molecule has 5 aromatic rings. The first-order valence-electron chi connectivity index (χ1n) is 19.2. The summed E-state index contributed by atoms with van der Waals surface area (Å²) in [6.45, 7) is 7.50. The van der Waals surface area contributed by atoms with E-state index in [1.807, 2.05) is 100 Å². The fraction of sp³-hybridized carbons (Fsp3) is 0.349. The number of nitrogens with one attached hydrogen (secondary N) is 3. The maximum atomic E-state index is 14.5. The summed E-state index contributed by atoms with van der Waals surface area (Å²) < 4.78 is 29.8. The first-order valence-corrected chi connectivity index (χ1v) is 19.2. The number of amides is 3. The average molecular weight is 789 g/mol. The van der Waals surface area contributed by atoms with Crippen molar-refractivity contribution in [3.05, 3.63) is 119 Å². The van der Waals surface area contributed by atoms with Crippen molar-refractivity contribution >= 4 is 29.6 Å². The zero-order valence-corrected chi connectivity index (χ0v) is 32.9. The Bertz CT molecular complexity index is 2390. The maximum Gasteiger partial charge on any atom is 0.410 e. The minimum Gasteiger partial charge on any atom is -0.469 e. The summed E-state index contributed by atoms with van der Waals surface area (Å²) >= 11 is 0. The highest BCUT2D eigenvalue weighted by Crippen LogP contribution is 2.59. The molecule has 5 atom stereocenters. The largest absolute Gasteiger partial charge is 0.469 e. The summed E-state index contributed by atoms with van der Waals surface area (Å²) in [5.74, 6) is -1.24. The molecule has 300 valence electrons. The zero-order valence-electron chi connectivity index (χ0n) is 32.9. The van der Waals surface area contributed by atoms with Crippen LogP contribution in [0.15, 0.2) is 87.9 Å². The number of esters is 1. The van der Waals surface area contributed by atoms with Gasteiger partial charge in [0.25, 0.3) is 0 Å². The van der Waals surface area contributed by atoms with E-state index < -0.39 is 53.6 Å². The molecule has 15 heteroatoms. The smallest absolute Gasteiger partial charge is 0.410 e. The van der Waals surface area contributed by atoms with Crippen molar-refractivity contribution < 1.29 is 42.2 Å². The number of benzene rings is 3. The number of carbonyl (C=O) groups is 4. The molecule has 58 heavy (non-hydrogen) atoms. The van der Waals surface area contributed by atoms with Gasteiger partial charge in [-0.15, -0.1) is 0 Å². The van der Waals surface area contributed by atoms with Crippen LogP contribution in [0.25, 0.3) is 11.6 Å². The van der Waals surface area contributed by atoms with Crippen molar-refractivity contribution in [2.75, 3.05) is 19.5 Å². The molecule has 3 aliphatic heterocycles. The third-order valence-electron chi connectivity index (χ3n) is 11.0. The number of hydrogen-bond donors (Lipinski definition) is 3. The summed E-state index contributed by atoms with van der Waals surface area (Å²) in [6, 6.07) is 19.8. The Balaban J connectivity index is 1.21. The number of para-hydroxylation sites is 1. The summed E-state index contributed by atoms with van der Waals surface area (Å²) in [6.07, 6.45) is -0.0791. The normalized spacial score (nSPS) is 20.7. The molecule has 0 radical (unpaired) electrons. The summed E-state index contributed by atoms with van der Waals surface area (Å²) in [7, 11) is 2.76. The molecule has 5 heterocycles. The Hall–Kier alpha value is -6.64. The third-order valence-corrected chi connectivity index (χ3v) is 11.0. The van der Waals surface area contributed by atoms with Crippen LogP contribution >= 0.6 is 0 Å². The topological polar surface area (TPSA) is 187 Å². The highest BCUT2D eigenvalue weighted by Gasteiger charge is 2.61. The Labute approximate surface area is 334 Å². The van der Waals surface area contributed by atoms with Crippen LogP contribution < -0.4 is 20.7 Å². The van der Waals surface area contributed by atoms with Gasteiger partial charge in [-0.25, -0.2) is 19.6 Å². The van der Waals surface area contributed by atoms with Gasteiger partial charge in [-0.3, -0.25) is 14.5 Å².